The Morgan fingerprint density at radius 2 is 2.04 bits per heavy atom. The van der Waals surface area contributed by atoms with Gasteiger partial charge in [-0.15, -0.1) is 6.42 Å². The minimum absolute atomic E-state index is 0.0949. The molecule has 0 atom stereocenters. The molecule has 114 valence electrons. The van der Waals surface area contributed by atoms with E-state index in [1.165, 1.54) is 6.07 Å². The van der Waals surface area contributed by atoms with Crippen molar-refractivity contribution in [1.82, 2.24) is 9.97 Å². The normalized spacial score (nSPS) is 10.5. The molecular weight excluding hydrogens is 335 g/mol. The summed E-state index contributed by atoms with van der Waals surface area (Å²) in [5.41, 5.74) is 2.21. The Hall–Kier alpha value is -2.48. The highest BCUT2D eigenvalue weighted by molar-refractivity contribution is 6.35. The molecule has 0 aliphatic heterocycles. The van der Waals surface area contributed by atoms with Crippen molar-refractivity contribution in [3.63, 3.8) is 0 Å². The third-order valence-electron chi connectivity index (χ3n) is 3.19. The Morgan fingerprint density at radius 3 is 2.78 bits per heavy atom. The van der Waals surface area contributed by atoms with E-state index in [9.17, 15) is 4.79 Å². The first-order chi connectivity index (χ1) is 11.1. The zero-order valence-electron chi connectivity index (χ0n) is 11.8. The van der Waals surface area contributed by atoms with Gasteiger partial charge in [-0.2, -0.15) is 0 Å². The summed E-state index contributed by atoms with van der Waals surface area (Å²) >= 11 is 12.4. The van der Waals surface area contributed by atoms with Crippen molar-refractivity contribution in [2.24, 2.45) is 0 Å². The number of hydrogen-bond acceptors (Lipinski definition) is 3. The molecule has 0 unspecified atom stereocenters. The number of benzene rings is 2. The predicted octanol–water partition coefficient (Wildman–Crippen LogP) is 4.33. The van der Waals surface area contributed by atoms with Crippen molar-refractivity contribution in [3.05, 3.63) is 52.0 Å². The van der Waals surface area contributed by atoms with Crippen molar-refractivity contribution < 1.29 is 9.53 Å². The fourth-order valence-electron chi connectivity index (χ4n) is 2.16. The number of aromatic nitrogens is 2. The van der Waals surface area contributed by atoms with Crippen LogP contribution >= 0.6 is 23.2 Å². The van der Waals surface area contributed by atoms with Crippen LogP contribution in [0.3, 0.4) is 0 Å². The molecule has 0 radical (unpaired) electrons. The van der Waals surface area contributed by atoms with Crippen molar-refractivity contribution in [3.8, 4) is 23.7 Å². The highest BCUT2D eigenvalue weighted by Gasteiger charge is 2.15. The number of esters is 1. The smallest absolute Gasteiger partial charge is 0.339 e. The Bertz CT molecular complexity index is 941. The first-order valence-corrected chi connectivity index (χ1v) is 7.40. The summed E-state index contributed by atoms with van der Waals surface area (Å²) in [4.78, 5) is 19.5. The van der Waals surface area contributed by atoms with Crippen LogP contribution in [-0.2, 0) is 4.74 Å². The number of halogens is 2. The van der Waals surface area contributed by atoms with Crippen molar-refractivity contribution in [2.45, 2.75) is 0 Å². The Morgan fingerprint density at radius 1 is 1.26 bits per heavy atom. The second-order valence-electron chi connectivity index (χ2n) is 4.70. The number of terminal acetylenes is 1. The van der Waals surface area contributed by atoms with Gasteiger partial charge in [-0.1, -0.05) is 41.3 Å². The molecule has 1 heterocycles. The fourth-order valence-corrected chi connectivity index (χ4v) is 2.65. The van der Waals surface area contributed by atoms with Gasteiger partial charge < -0.3 is 9.72 Å². The molecule has 0 bridgehead atoms. The zero-order valence-corrected chi connectivity index (χ0v) is 13.3. The summed E-state index contributed by atoms with van der Waals surface area (Å²) in [6.07, 6.45) is 5.08. The van der Waals surface area contributed by atoms with E-state index < -0.39 is 5.97 Å². The largest absolute Gasteiger partial charge is 0.449 e. The summed E-state index contributed by atoms with van der Waals surface area (Å²) in [5, 5.41) is 0.904. The number of fused-ring (bicyclic) bond motifs is 1. The molecule has 23 heavy (non-hydrogen) atoms. The monoisotopic (exact) mass is 344 g/mol. The SMILES string of the molecule is C#CCOC(=O)c1cc(Cl)c2nc(-c3ccccc3Cl)[nH]c2c1. The van der Waals surface area contributed by atoms with Crippen LogP contribution in [-0.4, -0.2) is 22.5 Å². The van der Waals surface area contributed by atoms with E-state index in [1.807, 2.05) is 18.2 Å². The second kappa shape index (κ2) is 6.33. The third-order valence-corrected chi connectivity index (χ3v) is 3.81. The van der Waals surface area contributed by atoms with Gasteiger partial charge in [0.25, 0.3) is 0 Å². The molecule has 1 N–H and O–H groups in total. The first kappa shape index (κ1) is 15.4. The fraction of sp³-hybridized carbons (Fsp3) is 0.0588. The molecule has 6 heteroatoms. The molecule has 0 fully saturated rings. The summed E-state index contributed by atoms with van der Waals surface area (Å²) in [6, 6.07) is 10.4. The number of carbonyl (C=O) groups is 1. The summed E-state index contributed by atoms with van der Waals surface area (Å²) in [5.74, 6) is 2.27. The predicted molar refractivity (Wildman–Crippen MR) is 90.7 cm³/mol. The minimum Gasteiger partial charge on any atom is -0.449 e. The van der Waals surface area contributed by atoms with Gasteiger partial charge in [-0.05, 0) is 24.3 Å². The molecular formula is C17H10Cl2N2O2. The van der Waals surface area contributed by atoms with Crippen LogP contribution in [0.25, 0.3) is 22.4 Å². The molecule has 0 spiro atoms. The second-order valence-corrected chi connectivity index (χ2v) is 5.51. The highest BCUT2D eigenvalue weighted by atomic mass is 35.5. The molecule has 0 aliphatic rings. The topological polar surface area (TPSA) is 55.0 Å². The van der Waals surface area contributed by atoms with E-state index in [0.717, 1.165) is 5.56 Å². The third kappa shape index (κ3) is 3.02. The van der Waals surface area contributed by atoms with Crippen LogP contribution in [0.15, 0.2) is 36.4 Å². The van der Waals surface area contributed by atoms with Gasteiger partial charge in [-0.3, -0.25) is 0 Å². The standard InChI is InChI=1S/C17H10Cl2N2O2/c1-2-7-23-17(22)10-8-13(19)15-14(9-10)20-16(21-15)11-5-3-4-6-12(11)18/h1,3-6,8-9H,7H2,(H,20,21). The van der Waals surface area contributed by atoms with Gasteiger partial charge in [0.1, 0.15) is 11.3 Å². The maximum absolute atomic E-state index is 11.9. The first-order valence-electron chi connectivity index (χ1n) is 6.65. The molecule has 0 saturated heterocycles. The number of nitrogens with one attached hydrogen (secondary N) is 1. The molecule has 1 aromatic heterocycles. The van der Waals surface area contributed by atoms with Gasteiger partial charge in [0.2, 0.25) is 0 Å². The van der Waals surface area contributed by atoms with E-state index >= 15 is 0 Å². The van der Waals surface area contributed by atoms with Gasteiger partial charge >= 0.3 is 5.97 Å². The van der Waals surface area contributed by atoms with E-state index in [1.54, 1.807) is 12.1 Å². The number of hydrogen-bond donors (Lipinski definition) is 1. The number of imidazole rings is 1. The average Bonchev–Trinajstić information content (AvgIpc) is 2.97. The quantitative estimate of drug-likeness (QED) is 0.568. The zero-order chi connectivity index (χ0) is 16.4. The van der Waals surface area contributed by atoms with Gasteiger partial charge in [0.15, 0.2) is 6.61 Å². The maximum atomic E-state index is 11.9. The van der Waals surface area contributed by atoms with Crippen LogP contribution in [0.5, 0.6) is 0 Å². The number of H-pyrrole nitrogens is 1. The van der Waals surface area contributed by atoms with E-state index in [0.29, 0.717) is 32.5 Å². The van der Waals surface area contributed by atoms with Crippen molar-refractivity contribution in [1.29, 1.82) is 0 Å². The minimum atomic E-state index is -0.541. The van der Waals surface area contributed by atoms with Crippen molar-refractivity contribution >= 4 is 40.2 Å². The van der Waals surface area contributed by atoms with Gasteiger partial charge in [0.05, 0.1) is 21.1 Å². The van der Waals surface area contributed by atoms with Crippen LogP contribution in [0.1, 0.15) is 10.4 Å². The lowest BCUT2D eigenvalue weighted by Gasteiger charge is -2.02. The van der Waals surface area contributed by atoms with Gasteiger partial charge in [0, 0.05) is 5.56 Å². The molecule has 3 rings (SSSR count). The van der Waals surface area contributed by atoms with Gasteiger partial charge in [-0.25, -0.2) is 9.78 Å². The summed E-state index contributed by atoms with van der Waals surface area (Å²) < 4.78 is 4.90. The molecule has 0 aliphatic carbocycles. The number of carbonyl (C=O) groups excluding carboxylic acids is 1. The molecule has 4 nitrogen and oxygen atoms in total. The summed E-state index contributed by atoms with van der Waals surface area (Å²) in [6.45, 7) is -0.0949. The number of nitrogens with zero attached hydrogens (tertiary/aromatic N) is 1. The Kier molecular flexibility index (Phi) is 4.24. The van der Waals surface area contributed by atoms with Crippen LogP contribution < -0.4 is 0 Å². The number of rotatable bonds is 3. The number of aromatic amines is 1. The van der Waals surface area contributed by atoms with Crippen molar-refractivity contribution in [2.75, 3.05) is 6.61 Å². The Labute approximate surface area is 142 Å². The van der Waals surface area contributed by atoms with Crippen LogP contribution in [0, 0.1) is 12.3 Å². The molecule has 0 saturated carbocycles. The number of ether oxygens (including phenoxy) is 1. The lowest BCUT2D eigenvalue weighted by Crippen LogP contribution is -2.05. The highest BCUT2D eigenvalue weighted by Crippen LogP contribution is 2.30. The molecule has 2 aromatic carbocycles. The lowest BCUT2D eigenvalue weighted by molar-refractivity contribution is 0.0557. The van der Waals surface area contributed by atoms with Crippen LogP contribution in [0.2, 0.25) is 10.0 Å². The average molecular weight is 345 g/mol. The van der Waals surface area contributed by atoms with E-state index in [2.05, 4.69) is 15.9 Å². The molecule has 0 amide bonds. The van der Waals surface area contributed by atoms with E-state index in [-0.39, 0.29) is 6.61 Å². The van der Waals surface area contributed by atoms with E-state index in [4.69, 9.17) is 34.4 Å². The lowest BCUT2D eigenvalue weighted by atomic mass is 10.2. The Balaban J connectivity index is 2.07. The molecule has 3 aromatic rings. The van der Waals surface area contributed by atoms with Crippen LogP contribution in [0.4, 0.5) is 0 Å². The summed E-state index contributed by atoms with van der Waals surface area (Å²) in [7, 11) is 0. The maximum Gasteiger partial charge on any atom is 0.339 e.